The summed E-state index contributed by atoms with van der Waals surface area (Å²) in [5, 5.41) is 3.25. The van der Waals surface area contributed by atoms with Crippen LogP contribution in [0.1, 0.15) is 21.8 Å². The van der Waals surface area contributed by atoms with Gasteiger partial charge in [0.15, 0.2) is 0 Å². The van der Waals surface area contributed by atoms with E-state index in [2.05, 4.69) is 41.6 Å². The van der Waals surface area contributed by atoms with Crippen molar-refractivity contribution in [2.24, 2.45) is 0 Å². The molecule has 0 saturated heterocycles. The molecule has 0 unspecified atom stereocenters. The van der Waals surface area contributed by atoms with Crippen molar-refractivity contribution in [1.29, 1.82) is 0 Å². The number of hydrogen-bond acceptors (Lipinski definition) is 3. The lowest BCUT2D eigenvalue weighted by Crippen LogP contribution is -1.89. The second kappa shape index (κ2) is 7.07. The molecule has 0 N–H and O–H groups in total. The molecule has 1 nitrogen and oxygen atoms in total. The number of hydrogen-bond donors (Lipinski definition) is 0. The van der Waals surface area contributed by atoms with Gasteiger partial charge in [-0.15, -0.1) is 23.1 Å². The van der Waals surface area contributed by atoms with Crippen LogP contribution in [-0.2, 0) is 12.2 Å². The summed E-state index contributed by atoms with van der Waals surface area (Å²) in [7, 11) is 0. The van der Waals surface area contributed by atoms with Crippen molar-refractivity contribution in [3.05, 3.63) is 81.6 Å². The zero-order valence-corrected chi connectivity index (χ0v) is 13.9. The van der Waals surface area contributed by atoms with Crippen molar-refractivity contribution in [2.75, 3.05) is 0 Å². The number of rotatable bonds is 5. The Bertz CT molecular complexity index is 733. The lowest BCUT2D eigenvalue weighted by molar-refractivity contribution is 0.626. The molecule has 0 aliphatic rings. The summed E-state index contributed by atoms with van der Waals surface area (Å²) in [6.45, 7) is 2.10. The summed E-state index contributed by atoms with van der Waals surface area (Å²) in [5.41, 5.74) is 3.65. The van der Waals surface area contributed by atoms with Gasteiger partial charge in [0.25, 0.3) is 0 Å². The van der Waals surface area contributed by atoms with Crippen LogP contribution in [-0.4, -0.2) is 4.98 Å². The normalized spacial score (nSPS) is 10.8. The van der Waals surface area contributed by atoms with Gasteiger partial charge < -0.3 is 0 Å². The third-order valence-electron chi connectivity index (χ3n) is 3.28. The van der Waals surface area contributed by atoms with E-state index < -0.39 is 0 Å². The minimum absolute atomic E-state index is 0.196. The zero-order chi connectivity index (χ0) is 15.4. The van der Waals surface area contributed by atoms with Gasteiger partial charge >= 0.3 is 0 Å². The Morgan fingerprint density at radius 3 is 2.50 bits per heavy atom. The van der Waals surface area contributed by atoms with Crippen molar-refractivity contribution in [2.45, 2.75) is 24.0 Å². The molecule has 0 bridgehead atoms. The standard InChI is InChI=1S/C18H16FNS2/c1-13-2-4-14(5-3-13)10-18-20-16(12-22-18)11-21-17-8-6-15(19)7-9-17/h2-9,12H,10-11H2,1H3. The molecule has 4 heteroatoms. The third kappa shape index (κ3) is 4.18. The van der Waals surface area contributed by atoms with Crippen LogP contribution in [0.25, 0.3) is 0 Å². The van der Waals surface area contributed by atoms with E-state index >= 15 is 0 Å². The summed E-state index contributed by atoms with van der Waals surface area (Å²) in [4.78, 5) is 5.75. The molecule has 0 radical (unpaired) electrons. The first-order valence-corrected chi connectivity index (χ1v) is 8.93. The number of thiazole rings is 1. The van der Waals surface area contributed by atoms with Crippen LogP contribution >= 0.6 is 23.1 Å². The van der Waals surface area contributed by atoms with Crippen LogP contribution in [0.3, 0.4) is 0 Å². The molecule has 0 amide bonds. The topological polar surface area (TPSA) is 12.9 Å². The highest BCUT2D eigenvalue weighted by atomic mass is 32.2. The number of aromatic nitrogens is 1. The number of thioether (sulfide) groups is 1. The van der Waals surface area contributed by atoms with E-state index in [1.54, 1.807) is 35.2 Å². The summed E-state index contributed by atoms with van der Waals surface area (Å²) >= 11 is 3.38. The molecule has 1 aromatic heterocycles. The first-order chi connectivity index (χ1) is 10.7. The van der Waals surface area contributed by atoms with Crippen molar-refractivity contribution in [1.82, 2.24) is 4.98 Å². The van der Waals surface area contributed by atoms with E-state index in [4.69, 9.17) is 0 Å². The third-order valence-corrected chi connectivity index (χ3v) is 5.22. The fourth-order valence-electron chi connectivity index (χ4n) is 2.07. The highest BCUT2D eigenvalue weighted by Gasteiger charge is 2.04. The van der Waals surface area contributed by atoms with Gasteiger partial charge in [-0.1, -0.05) is 29.8 Å². The van der Waals surface area contributed by atoms with Gasteiger partial charge in [-0.05, 0) is 36.8 Å². The predicted octanol–water partition coefficient (Wildman–Crippen LogP) is 5.47. The van der Waals surface area contributed by atoms with Crippen LogP contribution < -0.4 is 0 Å². The van der Waals surface area contributed by atoms with E-state index in [0.29, 0.717) is 0 Å². The Hall–Kier alpha value is -1.65. The highest BCUT2D eigenvalue weighted by molar-refractivity contribution is 7.98. The number of benzene rings is 2. The number of nitrogens with zero attached hydrogens (tertiary/aromatic N) is 1. The van der Waals surface area contributed by atoms with E-state index in [1.807, 2.05) is 0 Å². The average molecular weight is 329 g/mol. The molecular weight excluding hydrogens is 313 g/mol. The molecule has 0 fully saturated rings. The fourth-order valence-corrected chi connectivity index (χ4v) is 3.79. The molecular formula is C18H16FNS2. The quantitative estimate of drug-likeness (QED) is 0.575. The van der Waals surface area contributed by atoms with Gasteiger partial charge in [0, 0.05) is 22.4 Å². The molecule has 3 aromatic rings. The summed E-state index contributed by atoms with van der Waals surface area (Å²) < 4.78 is 12.9. The first kappa shape index (κ1) is 15.3. The molecule has 22 heavy (non-hydrogen) atoms. The van der Waals surface area contributed by atoms with Crippen molar-refractivity contribution < 1.29 is 4.39 Å². The predicted molar refractivity (Wildman–Crippen MR) is 92.1 cm³/mol. The van der Waals surface area contributed by atoms with Crippen molar-refractivity contribution in [3.8, 4) is 0 Å². The summed E-state index contributed by atoms with van der Waals surface area (Å²) in [6, 6.07) is 15.2. The second-order valence-corrected chi connectivity index (χ2v) is 7.13. The SMILES string of the molecule is Cc1ccc(Cc2nc(CSc3ccc(F)cc3)cs2)cc1. The number of halogens is 1. The minimum Gasteiger partial charge on any atom is -0.245 e. The summed E-state index contributed by atoms with van der Waals surface area (Å²) in [6.07, 6.45) is 0.881. The summed E-state index contributed by atoms with van der Waals surface area (Å²) in [5.74, 6) is 0.620. The smallest absolute Gasteiger partial charge is 0.123 e. The van der Waals surface area contributed by atoms with Gasteiger partial charge in [0.2, 0.25) is 0 Å². The Morgan fingerprint density at radius 1 is 1.05 bits per heavy atom. The van der Waals surface area contributed by atoms with E-state index in [1.165, 1.54) is 23.3 Å². The molecule has 3 rings (SSSR count). The molecule has 0 spiro atoms. The van der Waals surface area contributed by atoms with Crippen LogP contribution in [0, 0.1) is 12.7 Å². The molecule has 112 valence electrons. The lowest BCUT2D eigenvalue weighted by Gasteiger charge is -2.00. The lowest BCUT2D eigenvalue weighted by atomic mass is 10.1. The van der Waals surface area contributed by atoms with Gasteiger partial charge in [0.05, 0.1) is 10.7 Å². The van der Waals surface area contributed by atoms with Gasteiger partial charge in [-0.3, -0.25) is 0 Å². The molecule has 1 heterocycles. The van der Waals surface area contributed by atoms with Crippen molar-refractivity contribution in [3.63, 3.8) is 0 Å². The Balaban J connectivity index is 1.59. The van der Waals surface area contributed by atoms with Gasteiger partial charge in [-0.2, -0.15) is 0 Å². The van der Waals surface area contributed by atoms with Crippen LogP contribution in [0.15, 0.2) is 58.8 Å². The molecule has 0 aliphatic heterocycles. The molecule has 2 aromatic carbocycles. The van der Waals surface area contributed by atoms with E-state index in [-0.39, 0.29) is 5.82 Å². The van der Waals surface area contributed by atoms with E-state index in [9.17, 15) is 4.39 Å². The Morgan fingerprint density at radius 2 is 1.77 bits per heavy atom. The second-order valence-electron chi connectivity index (χ2n) is 5.14. The van der Waals surface area contributed by atoms with Crippen LogP contribution in [0.5, 0.6) is 0 Å². The van der Waals surface area contributed by atoms with Gasteiger partial charge in [-0.25, -0.2) is 9.37 Å². The Kier molecular flexibility index (Phi) is 4.90. The molecule has 0 saturated carbocycles. The first-order valence-electron chi connectivity index (χ1n) is 7.06. The maximum Gasteiger partial charge on any atom is 0.123 e. The largest absolute Gasteiger partial charge is 0.245 e. The van der Waals surface area contributed by atoms with Crippen LogP contribution in [0.4, 0.5) is 4.39 Å². The average Bonchev–Trinajstić information content (AvgIpc) is 2.97. The number of aryl methyl sites for hydroxylation is 1. The van der Waals surface area contributed by atoms with Crippen molar-refractivity contribution >= 4 is 23.1 Å². The maximum atomic E-state index is 12.9. The zero-order valence-electron chi connectivity index (χ0n) is 12.3. The molecule has 0 atom stereocenters. The van der Waals surface area contributed by atoms with E-state index in [0.717, 1.165) is 27.8 Å². The highest BCUT2D eigenvalue weighted by Crippen LogP contribution is 2.24. The molecule has 0 aliphatic carbocycles. The minimum atomic E-state index is -0.196. The Labute approximate surface area is 138 Å². The van der Waals surface area contributed by atoms with Gasteiger partial charge in [0.1, 0.15) is 5.82 Å². The monoisotopic (exact) mass is 329 g/mol. The fraction of sp³-hybridized carbons (Fsp3) is 0.167. The van der Waals surface area contributed by atoms with Crippen LogP contribution in [0.2, 0.25) is 0 Å². The maximum absolute atomic E-state index is 12.9.